The summed E-state index contributed by atoms with van der Waals surface area (Å²) in [6.07, 6.45) is 1.24. The summed E-state index contributed by atoms with van der Waals surface area (Å²) < 4.78 is 0. The fourth-order valence-corrected chi connectivity index (χ4v) is 2.84. The van der Waals surface area contributed by atoms with Crippen LogP contribution in [0.1, 0.15) is 46.6 Å². The second-order valence-corrected chi connectivity index (χ2v) is 7.35. The fourth-order valence-electron chi connectivity index (χ4n) is 2.84. The molecule has 20 heavy (non-hydrogen) atoms. The molecule has 0 fully saturated rings. The number of anilines is 1. The SMILES string of the molecule is CCC(C)CN1CC(C(C)(C)C)NCc2ccccc21. The summed E-state index contributed by atoms with van der Waals surface area (Å²) in [5.41, 5.74) is 3.14. The first-order valence-electron chi connectivity index (χ1n) is 7.98. The third kappa shape index (κ3) is 3.54. The number of fused-ring (bicyclic) bond motifs is 1. The van der Waals surface area contributed by atoms with Gasteiger partial charge in [0.1, 0.15) is 0 Å². The van der Waals surface area contributed by atoms with Crippen molar-refractivity contribution in [3.8, 4) is 0 Å². The molecule has 0 aliphatic carbocycles. The number of rotatable bonds is 3. The molecule has 0 spiro atoms. The van der Waals surface area contributed by atoms with Crippen molar-refractivity contribution in [3.05, 3.63) is 29.8 Å². The zero-order valence-corrected chi connectivity index (χ0v) is 13.7. The average molecular weight is 274 g/mol. The summed E-state index contributed by atoms with van der Waals surface area (Å²) in [6.45, 7) is 14.9. The minimum Gasteiger partial charge on any atom is -0.369 e. The van der Waals surface area contributed by atoms with Gasteiger partial charge in [-0.15, -0.1) is 0 Å². The second-order valence-electron chi connectivity index (χ2n) is 7.35. The molecule has 0 aromatic heterocycles. The van der Waals surface area contributed by atoms with Crippen LogP contribution in [0.15, 0.2) is 24.3 Å². The largest absolute Gasteiger partial charge is 0.369 e. The van der Waals surface area contributed by atoms with E-state index in [0.717, 1.165) is 25.6 Å². The Morgan fingerprint density at radius 1 is 1.30 bits per heavy atom. The van der Waals surface area contributed by atoms with Gasteiger partial charge in [0.05, 0.1) is 0 Å². The van der Waals surface area contributed by atoms with Crippen LogP contribution >= 0.6 is 0 Å². The van der Waals surface area contributed by atoms with E-state index < -0.39 is 0 Å². The maximum absolute atomic E-state index is 3.76. The third-order valence-corrected chi connectivity index (χ3v) is 4.55. The molecular formula is C18H30N2. The molecule has 1 aliphatic rings. The van der Waals surface area contributed by atoms with Gasteiger partial charge in [0, 0.05) is 31.4 Å². The van der Waals surface area contributed by atoms with Gasteiger partial charge in [0.15, 0.2) is 0 Å². The van der Waals surface area contributed by atoms with Crippen molar-refractivity contribution >= 4 is 5.69 Å². The standard InChI is InChI=1S/C18H30N2/c1-6-14(2)12-20-13-17(18(3,4)5)19-11-15-9-7-8-10-16(15)20/h7-10,14,17,19H,6,11-13H2,1-5H3. The average Bonchev–Trinajstić information content (AvgIpc) is 2.58. The Balaban J connectivity index is 2.27. The van der Waals surface area contributed by atoms with Crippen LogP contribution < -0.4 is 10.2 Å². The Hall–Kier alpha value is -1.02. The van der Waals surface area contributed by atoms with Gasteiger partial charge in [0.25, 0.3) is 0 Å². The molecule has 0 bridgehead atoms. The van der Waals surface area contributed by atoms with Crippen molar-refractivity contribution in [2.45, 2.75) is 53.6 Å². The van der Waals surface area contributed by atoms with E-state index in [-0.39, 0.29) is 5.41 Å². The predicted molar refractivity (Wildman–Crippen MR) is 88.2 cm³/mol. The minimum absolute atomic E-state index is 0.287. The number of nitrogens with one attached hydrogen (secondary N) is 1. The Bertz CT molecular complexity index is 433. The first-order valence-corrected chi connectivity index (χ1v) is 7.98. The lowest BCUT2D eigenvalue weighted by molar-refractivity contribution is 0.270. The van der Waals surface area contributed by atoms with Crippen LogP contribution in [0, 0.1) is 11.3 Å². The number of hydrogen-bond acceptors (Lipinski definition) is 2. The number of para-hydroxylation sites is 1. The fraction of sp³-hybridized carbons (Fsp3) is 0.667. The molecule has 0 radical (unpaired) electrons. The Morgan fingerprint density at radius 3 is 2.65 bits per heavy atom. The van der Waals surface area contributed by atoms with E-state index in [0.29, 0.717) is 6.04 Å². The van der Waals surface area contributed by atoms with Gasteiger partial charge in [-0.05, 0) is 23.0 Å². The minimum atomic E-state index is 0.287. The van der Waals surface area contributed by atoms with Crippen LogP contribution in [0.25, 0.3) is 0 Å². The molecule has 0 saturated heterocycles. The van der Waals surface area contributed by atoms with Crippen molar-refractivity contribution < 1.29 is 0 Å². The molecule has 2 nitrogen and oxygen atoms in total. The van der Waals surface area contributed by atoms with Crippen LogP contribution in [0.4, 0.5) is 5.69 Å². The molecule has 1 N–H and O–H groups in total. The highest BCUT2D eigenvalue weighted by Crippen LogP contribution is 2.29. The molecule has 0 saturated carbocycles. The molecule has 2 heteroatoms. The second kappa shape index (κ2) is 6.17. The maximum Gasteiger partial charge on any atom is 0.0412 e. The Morgan fingerprint density at radius 2 is 2.00 bits per heavy atom. The smallest absolute Gasteiger partial charge is 0.0412 e. The van der Waals surface area contributed by atoms with Gasteiger partial charge in [-0.1, -0.05) is 59.2 Å². The quantitative estimate of drug-likeness (QED) is 0.894. The molecule has 1 aliphatic heterocycles. The van der Waals surface area contributed by atoms with Crippen molar-refractivity contribution in [1.29, 1.82) is 0 Å². The maximum atomic E-state index is 3.76. The predicted octanol–water partition coefficient (Wildman–Crippen LogP) is 4.06. The van der Waals surface area contributed by atoms with Gasteiger partial charge in [-0.3, -0.25) is 0 Å². The topological polar surface area (TPSA) is 15.3 Å². The summed E-state index contributed by atoms with van der Waals surface area (Å²) in [5, 5.41) is 3.76. The van der Waals surface area contributed by atoms with E-state index in [1.165, 1.54) is 17.7 Å². The summed E-state index contributed by atoms with van der Waals surface area (Å²) >= 11 is 0. The zero-order chi connectivity index (χ0) is 14.8. The molecule has 1 aromatic carbocycles. The van der Waals surface area contributed by atoms with E-state index >= 15 is 0 Å². The van der Waals surface area contributed by atoms with E-state index in [2.05, 4.69) is 69.1 Å². The number of hydrogen-bond donors (Lipinski definition) is 1. The first-order chi connectivity index (χ1) is 9.41. The Labute approximate surface area is 124 Å². The van der Waals surface area contributed by atoms with Crippen LogP contribution in [-0.2, 0) is 6.54 Å². The monoisotopic (exact) mass is 274 g/mol. The summed E-state index contributed by atoms with van der Waals surface area (Å²) in [6, 6.07) is 9.39. The number of nitrogens with zero attached hydrogens (tertiary/aromatic N) is 1. The van der Waals surface area contributed by atoms with Crippen molar-refractivity contribution in [2.75, 3.05) is 18.0 Å². The van der Waals surface area contributed by atoms with Gasteiger partial charge >= 0.3 is 0 Å². The van der Waals surface area contributed by atoms with Gasteiger partial charge in [-0.25, -0.2) is 0 Å². The summed E-state index contributed by atoms with van der Waals surface area (Å²) in [5.74, 6) is 0.738. The van der Waals surface area contributed by atoms with E-state index in [4.69, 9.17) is 0 Å². The molecule has 2 rings (SSSR count). The Kier molecular flexibility index (Phi) is 4.74. The highest BCUT2D eigenvalue weighted by Gasteiger charge is 2.29. The zero-order valence-electron chi connectivity index (χ0n) is 13.7. The van der Waals surface area contributed by atoms with E-state index in [9.17, 15) is 0 Å². The lowest BCUT2D eigenvalue weighted by Gasteiger charge is -2.36. The highest BCUT2D eigenvalue weighted by molar-refractivity contribution is 5.54. The van der Waals surface area contributed by atoms with Crippen LogP contribution in [0.5, 0.6) is 0 Å². The highest BCUT2D eigenvalue weighted by atomic mass is 15.2. The van der Waals surface area contributed by atoms with E-state index in [1.54, 1.807) is 0 Å². The molecule has 112 valence electrons. The van der Waals surface area contributed by atoms with Crippen molar-refractivity contribution in [3.63, 3.8) is 0 Å². The van der Waals surface area contributed by atoms with Crippen LogP contribution in [0.2, 0.25) is 0 Å². The number of benzene rings is 1. The van der Waals surface area contributed by atoms with Crippen LogP contribution in [0.3, 0.4) is 0 Å². The summed E-state index contributed by atoms with van der Waals surface area (Å²) in [7, 11) is 0. The molecule has 2 atom stereocenters. The first kappa shape index (κ1) is 15.4. The van der Waals surface area contributed by atoms with Crippen molar-refractivity contribution in [2.24, 2.45) is 11.3 Å². The van der Waals surface area contributed by atoms with Gasteiger partial charge in [0.2, 0.25) is 0 Å². The molecular weight excluding hydrogens is 244 g/mol. The van der Waals surface area contributed by atoms with Gasteiger partial charge in [-0.2, -0.15) is 0 Å². The normalized spacial score (nSPS) is 21.2. The molecule has 2 unspecified atom stereocenters. The van der Waals surface area contributed by atoms with Gasteiger partial charge < -0.3 is 10.2 Å². The van der Waals surface area contributed by atoms with E-state index in [1.807, 2.05) is 0 Å². The lowest BCUT2D eigenvalue weighted by atomic mass is 9.86. The molecule has 1 heterocycles. The van der Waals surface area contributed by atoms with Crippen molar-refractivity contribution in [1.82, 2.24) is 5.32 Å². The summed E-state index contributed by atoms with van der Waals surface area (Å²) in [4.78, 5) is 2.60. The molecule has 0 amide bonds. The lowest BCUT2D eigenvalue weighted by Crippen LogP contribution is -2.47. The molecule has 1 aromatic rings. The van der Waals surface area contributed by atoms with Crippen LogP contribution in [-0.4, -0.2) is 19.1 Å². The third-order valence-electron chi connectivity index (χ3n) is 4.55.